The van der Waals surface area contributed by atoms with Gasteiger partial charge in [-0.25, -0.2) is 0 Å². The van der Waals surface area contributed by atoms with Crippen LogP contribution < -0.4 is 0 Å². The van der Waals surface area contributed by atoms with Crippen molar-refractivity contribution in [3.05, 3.63) is 200 Å². The third kappa shape index (κ3) is 4.32. The van der Waals surface area contributed by atoms with Crippen LogP contribution in [0.2, 0.25) is 0 Å². The van der Waals surface area contributed by atoms with Crippen molar-refractivity contribution >= 4 is 76.2 Å². The second kappa shape index (κ2) is 11.6. The molecule has 0 aliphatic heterocycles. The fourth-order valence-corrected chi connectivity index (χ4v) is 9.29. The Morgan fingerprint density at radius 3 is 1.33 bits per heavy atom. The molecular formula is C52H33N3. The van der Waals surface area contributed by atoms with E-state index in [2.05, 4.69) is 214 Å². The highest BCUT2D eigenvalue weighted by atomic mass is 15.0. The molecule has 0 amide bonds. The Bertz CT molecular complexity index is 3470. The normalized spacial score (nSPS) is 12.0. The van der Waals surface area contributed by atoms with Crippen LogP contribution in [-0.2, 0) is 0 Å². The van der Waals surface area contributed by atoms with Crippen LogP contribution in [0.1, 0.15) is 0 Å². The molecule has 0 bridgehead atoms. The summed E-state index contributed by atoms with van der Waals surface area (Å²) < 4.78 is 7.30. The number of benzene rings is 9. The molecule has 3 heterocycles. The van der Waals surface area contributed by atoms with E-state index in [4.69, 9.17) is 0 Å². The van der Waals surface area contributed by atoms with Crippen LogP contribution in [0.4, 0.5) is 0 Å². The molecular weight excluding hydrogens is 667 g/mol. The molecule has 0 N–H and O–H groups in total. The number of fused-ring (bicyclic) bond motifs is 10. The lowest BCUT2D eigenvalue weighted by Crippen LogP contribution is -1.97. The van der Waals surface area contributed by atoms with Crippen molar-refractivity contribution in [2.24, 2.45) is 0 Å². The molecule has 0 saturated heterocycles. The van der Waals surface area contributed by atoms with Crippen LogP contribution in [0.3, 0.4) is 0 Å². The lowest BCUT2D eigenvalue weighted by Gasteiger charge is -2.15. The summed E-state index contributed by atoms with van der Waals surface area (Å²) >= 11 is 0. The van der Waals surface area contributed by atoms with Gasteiger partial charge in [-0.2, -0.15) is 0 Å². The van der Waals surface area contributed by atoms with Gasteiger partial charge in [0.05, 0.1) is 33.1 Å². The van der Waals surface area contributed by atoms with E-state index in [1.165, 1.54) is 87.3 Å². The second-order valence-electron chi connectivity index (χ2n) is 14.5. The lowest BCUT2D eigenvalue weighted by atomic mass is 9.93. The van der Waals surface area contributed by atoms with Crippen molar-refractivity contribution in [2.75, 3.05) is 0 Å². The lowest BCUT2D eigenvalue weighted by molar-refractivity contribution is 1.17. The van der Waals surface area contributed by atoms with Gasteiger partial charge in [0.1, 0.15) is 0 Å². The number of hydrogen-bond acceptors (Lipinski definition) is 0. The minimum absolute atomic E-state index is 1.15. The van der Waals surface area contributed by atoms with Crippen molar-refractivity contribution < 1.29 is 0 Å². The Kier molecular flexibility index (Phi) is 6.34. The van der Waals surface area contributed by atoms with Crippen LogP contribution in [0.15, 0.2) is 200 Å². The molecule has 3 nitrogen and oxygen atoms in total. The summed E-state index contributed by atoms with van der Waals surface area (Å²) in [6.45, 7) is 0. The smallest absolute Gasteiger partial charge is 0.0625 e. The second-order valence-corrected chi connectivity index (χ2v) is 14.5. The van der Waals surface area contributed by atoms with Crippen LogP contribution in [-0.4, -0.2) is 13.7 Å². The fraction of sp³-hybridized carbons (Fsp3) is 0. The summed E-state index contributed by atoms with van der Waals surface area (Å²) in [6, 6.07) is 73.3. The van der Waals surface area contributed by atoms with Crippen LogP contribution in [0, 0.1) is 0 Å². The maximum Gasteiger partial charge on any atom is 0.0625 e. The minimum Gasteiger partial charge on any atom is -0.309 e. The van der Waals surface area contributed by atoms with Crippen molar-refractivity contribution in [1.82, 2.24) is 13.7 Å². The highest BCUT2D eigenvalue weighted by Crippen LogP contribution is 2.45. The van der Waals surface area contributed by atoms with Gasteiger partial charge in [0.25, 0.3) is 0 Å². The zero-order chi connectivity index (χ0) is 36.0. The van der Waals surface area contributed by atoms with Crippen LogP contribution in [0.5, 0.6) is 0 Å². The highest BCUT2D eigenvalue weighted by molar-refractivity contribution is 6.22. The average molecular weight is 700 g/mol. The monoisotopic (exact) mass is 699 g/mol. The Labute approximate surface area is 317 Å². The van der Waals surface area contributed by atoms with Gasteiger partial charge in [-0.05, 0) is 95.2 Å². The van der Waals surface area contributed by atoms with E-state index >= 15 is 0 Å². The third-order valence-electron chi connectivity index (χ3n) is 11.6. The summed E-state index contributed by atoms with van der Waals surface area (Å²) in [5.41, 5.74) is 13.2. The van der Waals surface area contributed by atoms with Gasteiger partial charge in [0.2, 0.25) is 0 Å². The molecule has 0 atom stereocenters. The van der Waals surface area contributed by atoms with E-state index in [0.717, 1.165) is 17.1 Å². The predicted octanol–water partition coefficient (Wildman–Crippen LogP) is 13.8. The third-order valence-corrected chi connectivity index (χ3v) is 11.6. The van der Waals surface area contributed by atoms with Gasteiger partial charge in [0, 0.05) is 54.9 Å². The average Bonchev–Trinajstić information content (AvgIpc) is 3.88. The zero-order valence-electron chi connectivity index (χ0n) is 29.9. The van der Waals surface area contributed by atoms with Crippen molar-refractivity contribution in [1.29, 1.82) is 0 Å². The maximum absolute atomic E-state index is 2.51. The fourth-order valence-electron chi connectivity index (χ4n) is 9.29. The van der Waals surface area contributed by atoms with Gasteiger partial charge in [-0.3, -0.25) is 0 Å². The molecule has 12 aromatic rings. The van der Waals surface area contributed by atoms with Gasteiger partial charge >= 0.3 is 0 Å². The van der Waals surface area contributed by atoms with Crippen molar-refractivity contribution in [3.63, 3.8) is 0 Å². The SMILES string of the molecule is c1ccc(-n2c3ccccc3c3cc(-c4c5ccccc5cc5c6ccccc6n(-c6ccc7c(c6)c6ccccc6n7-c6ccccc6)c45)ccc32)cc1. The van der Waals surface area contributed by atoms with E-state index in [-0.39, 0.29) is 0 Å². The molecule has 9 aromatic carbocycles. The number of nitrogens with zero attached hydrogens (tertiary/aromatic N) is 3. The van der Waals surface area contributed by atoms with Gasteiger partial charge in [0.15, 0.2) is 0 Å². The minimum atomic E-state index is 1.15. The van der Waals surface area contributed by atoms with E-state index in [1.807, 2.05) is 0 Å². The standard InChI is InChI=1S/C52H33N3/c1-3-16-36(17-4-1)53-46-24-12-9-21-40(46)43-32-35(27-29-49(43)53)51-39-20-8-7-15-34(39)31-45-42-23-11-14-26-48(42)55(52(45)51)38-28-30-50-44(33-38)41-22-10-13-25-47(41)54(50)37-18-5-2-6-19-37/h1-33H. The highest BCUT2D eigenvalue weighted by Gasteiger charge is 2.22. The topological polar surface area (TPSA) is 14.8 Å². The van der Waals surface area contributed by atoms with E-state index in [0.29, 0.717) is 0 Å². The molecule has 3 heteroatoms. The first-order valence-corrected chi connectivity index (χ1v) is 18.9. The predicted molar refractivity (Wildman–Crippen MR) is 232 cm³/mol. The maximum atomic E-state index is 2.51. The summed E-state index contributed by atoms with van der Waals surface area (Å²) in [7, 11) is 0. The Balaban J connectivity index is 1.19. The summed E-state index contributed by atoms with van der Waals surface area (Å²) in [5, 5.41) is 9.96. The Morgan fingerprint density at radius 2 is 0.709 bits per heavy atom. The van der Waals surface area contributed by atoms with Gasteiger partial charge < -0.3 is 13.7 Å². The number of hydrogen-bond donors (Lipinski definition) is 0. The first-order chi connectivity index (χ1) is 27.3. The van der Waals surface area contributed by atoms with Crippen LogP contribution in [0.25, 0.3) is 104 Å². The van der Waals surface area contributed by atoms with Crippen molar-refractivity contribution in [2.45, 2.75) is 0 Å². The molecule has 0 radical (unpaired) electrons. The molecule has 55 heavy (non-hydrogen) atoms. The molecule has 0 fully saturated rings. The molecule has 0 spiro atoms. The zero-order valence-corrected chi connectivity index (χ0v) is 29.9. The number of rotatable bonds is 4. The number of aromatic nitrogens is 3. The molecule has 0 saturated carbocycles. The summed E-state index contributed by atoms with van der Waals surface area (Å²) in [4.78, 5) is 0. The molecule has 256 valence electrons. The van der Waals surface area contributed by atoms with Gasteiger partial charge in [-0.15, -0.1) is 0 Å². The van der Waals surface area contributed by atoms with E-state index in [9.17, 15) is 0 Å². The quantitative estimate of drug-likeness (QED) is 0.174. The molecule has 3 aromatic heterocycles. The van der Waals surface area contributed by atoms with E-state index in [1.54, 1.807) is 0 Å². The van der Waals surface area contributed by atoms with Crippen molar-refractivity contribution in [3.8, 4) is 28.2 Å². The molecule has 0 aliphatic carbocycles. The Hall–Kier alpha value is -7.36. The summed E-state index contributed by atoms with van der Waals surface area (Å²) in [5.74, 6) is 0. The number of para-hydroxylation sites is 5. The van der Waals surface area contributed by atoms with E-state index < -0.39 is 0 Å². The molecule has 0 aliphatic rings. The summed E-state index contributed by atoms with van der Waals surface area (Å²) in [6.07, 6.45) is 0. The largest absolute Gasteiger partial charge is 0.309 e. The first-order valence-electron chi connectivity index (χ1n) is 18.9. The molecule has 12 rings (SSSR count). The molecule has 0 unspecified atom stereocenters. The Morgan fingerprint density at radius 1 is 0.255 bits per heavy atom. The van der Waals surface area contributed by atoms with Gasteiger partial charge in [-0.1, -0.05) is 121 Å². The first kappa shape index (κ1) is 30.1. The van der Waals surface area contributed by atoms with Crippen LogP contribution >= 0.6 is 0 Å².